The molecule has 0 aliphatic rings. The minimum atomic E-state index is -0.321. The molecule has 0 aliphatic carbocycles. The maximum Gasteiger partial charge on any atom is 0.267 e. The Hall–Kier alpha value is -2.65. The van der Waals surface area contributed by atoms with Crippen LogP contribution >= 0.6 is 11.8 Å². The molecule has 6 heteroatoms. The van der Waals surface area contributed by atoms with Crippen molar-refractivity contribution in [3.05, 3.63) is 58.5 Å². The Kier molecular flexibility index (Phi) is 4.13. The molecule has 0 aliphatic heterocycles. The lowest BCUT2D eigenvalue weighted by Gasteiger charge is -2.14. The lowest BCUT2D eigenvalue weighted by Crippen LogP contribution is -2.24. The van der Waals surface area contributed by atoms with Crippen LogP contribution in [0.4, 0.5) is 0 Å². The molecule has 2 heterocycles. The van der Waals surface area contributed by atoms with Crippen molar-refractivity contribution in [1.82, 2.24) is 14.5 Å². The quantitative estimate of drug-likeness (QED) is 0.547. The van der Waals surface area contributed by atoms with Crippen LogP contribution in [0.25, 0.3) is 16.7 Å². The van der Waals surface area contributed by atoms with Gasteiger partial charge in [-0.3, -0.25) is 4.79 Å². The van der Waals surface area contributed by atoms with Gasteiger partial charge in [-0.2, -0.15) is 5.26 Å². The first kappa shape index (κ1) is 15.3. The third kappa shape index (κ3) is 2.83. The van der Waals surface area contributed by atoms with Gasteiger partial charge in [0.2, 0.25) is 0 Å². The summed E-state index contributed by atoms with van der Waals surface area (Å²) in [7, 11) is 0. The normalized spacial score (nSPS) is 12.0. The number of thioether (sulfide) groups is 1. The number of hydrogen-bond acceptors (Lipinski definition) is 5. The van der Waals surface area contributed by atoms with Gasteiger partial charge in [0.15, 0.2) is 5.16 Å². The molecule has 0 spiro atoms. The Bertz CT molecular complexity index is 974. The van der Waals surface area contributed by atoms with Crippen LogP contribution in [0.3, 0.4) is 0 Å². The number of benzene rings is 1. The number of pyridine rings is 1. The molecule has 0 unspecified atom stereocenters. The van der Waals surface area contributed by atoms with E-state index in [1.807, 2.05) is 31.2 Å². The summed E-state index contributed by atoms with van der Waals surface area (Å²) in [5.74, 6) is 0.545. The first-order valence-electron chi connectivity index (χ1n) is 7.12. The maximum atomic E-state index is 13.0. The second-order valence-electron chi connectivity index (χ2n) is 5.09. The van der Waals surface area contributed by atoms with Gasteiger partial charge < -0.3 is 0 Å². The molecule has 0 saturated carbocycles. The van der Waals surface area contributed by atoms with E-state index in [9.17, 15) is 4.79 Å². The Balaban J connectivity index is 2.36. The first-order valence-corrected chi connectivity index (χ1v) is 8.00. The SMILES string of the molecule is Cc1cccnc1-n1c(S[C@@H](C)C#N)nc2ccccc2c1=O. The van der Waals surface area contributed by atoms with Crippen LogP contribution in [-0.2, 0) is 0 Å². The minimum Gasteiger partial charge on any atom is -0.268 e. The average molecular weight is 322 g/mol. The molecular formula is C17H14N4OS. The molecule has 0 bridgehead atoms. The Morgan fingerprint density at radius 3 is 2.78 bits per heavy atom. The highest BCUT2D eigenvalue weighted by Crippen LogP contribution is 2.24. The zero-order chi connectivity index (χ0) is 16.4. The van der Waals surface area contributed by atoms with Crippen molar-refractivity contribution in [1.29, 1.82) is 5.26 Å². The minimum absolute atomic E-state index is 0.176. The van der Waals surface area contributed by atoms with Gasteiger partial charge in [0.25, 0.3) is 5.56 Å². The predicted octanol–water partition coefficient (Wildman–Crippen LogP) is 3.09. The fourth-order valence-electron chi connectivity index (χ4n) is 2.27. The lowest BCUT2D eigenvalue weighted by atomic mass is 10.2. The molecule has 0 radical (unpaired) electrons. The summed E-state index contributed by atoms with van der Waals surface area (Å²) in [6.45, 7) is 3.67. The summed E-state index contributed by atoms with van der Waals surface area (Å²) < 4.78 is 1.50. The number of aryl methyl sites for hydroxylation is 1. The van der Waals surface area contributed by atoms with Gasteiger partial charge in [-0.05, 0) is 37.6 Å². The van der Waals surface area contributed by atoms with E-state index in [0.717, 1.165) is 5.56 Å². The highest BCUT2D eigenvalue weighted by atomic mass is 32.2. The van der Waals surface area contributed by atoms with Gasteiger partial charge in [0, 0.05) is 6.20 Å². The second kappa shape index (κ2) is 6.23. The van der Waals surface area contributed by atoms with Crippen molar-refractivity contribution < 1.29 is 0 Å². The standard InChI is InChI=1S/C17H14N4OS/c1-11-6-5-9-19-15(11)21-16(22)13-7-3-4-8-14(13)20-17(21)23-12(2)10-18/h3-9,12H,1-2H3/t12-/m0/s1. The van der Waals surface area contributed by atoms with Crippen molar-refractivity contribution in [3.63, 3.8) is 0 Å². The number of rotatable bonds is 3. The van der Waals surface area contributed by atoms with Crippen LogP contribution in [0.2, 0.25) is 0 Å². The van der Waals surface area contributed by atoms with Gasteiger partial charge in [-0.25, -0.2) is 14.5 Å². The van der Waals surface area contributed by atoms with E-state index >= 15 is 0 Å². The number of hydrogen-bond donors (Lipinski definition) is 0. The Labute approximate surface area is 137 Å². The number of aromatic nitrogens is 3. The van der Waals surface area contributed by atoms with Crippen LogP contribution in [0.5, 0.6) is 0 Å². The molecule has 0 saturated heterocycles. The van der Waals surface area contributed by atoms with E-state index in [1.165, 1.54) is 16.3 Å². The summed E-state index contributed by atoms with van der Waals surface area (Å²) >= 11 is 1.25. The van der Waals surface area contributed by atoms with Crippen LogP contribution < -0.4 is 5.56 Å². The van der Waals surface area contributed by atoms with Gasteiger partial charge in [-0.1, -0.05) is 30.0 Å². The maximum absolute atomic E-state index is 13.0. The van der Waals surface area contributed by atoms with E-state index in [4.69, 9.17) is 5.26 Å². The largest absolute Gasteiger partial charge is 0.268 e. The number of fused-ring (bicyclic) bond motifs is 1. The predicted molar refractivity (Wildman–Crippen MR) is 90.8 cm³/mol. The van der Waals surface area contributed by atoms with Gasteiger partial charge in [0.1, 0.15) is 5.82 Å². The molecule has 3 aromatic rings. The zero-order valence-corrected chi connectivity index (χ0v) is 13.5. The third-order valence-electron chi connectivity index (χ3n) is 3.40. The monoisotopic (exact) mass is 322 g/mol. The summed E-state index contributed by atoms with van der Waals surface area (Å²) in [6, 6.07) is 13.1. The lowest BCUT2D eigenvalue weighted by molar-refractivity contribution is 0.788. The highest BCUT2D eigenvalue weighted by Gasteiger charge is 2.17. The third-order valence-corrected chi connectivity index (χ3v) is 4.35. The Morgan fingerprint density at radius 2 is 2.04 bits per heavy atom. The molecule has 3 rings (SSSR count). The molecule has 1 aromatic carbocycles. The topological polar surface area (TPSA) is 71.6 Å². The van der Waals surface area contributed by atoms with E-state index < -0.39 is 0 Å². The molecule has 2 aromatic heterocycles. The molecule has 0 fully saturated rings. The number of para-hydroxylation sites is 1. The summed E-state index contributed by atoms with van der Waals surface area (Å²) in [5.41, 5.74) is 1.32. The van der Waals surface area contributed by atoms with Crippen LogP contribution in [0.15, 0.2) is 52.5 Å². The Morgan fingerprint density at radius 1 is 1.26 bits per heavy atom. The van der Waals surface area contributed by atoms with Crippen molar-refractivity contribution in [2.75, 3.05) is 0 Å². The van der Waals surface area contributed by atoms with E-state index in [0.29, 0.717) is 21.9 Å². The molecule has 0 amide bonds. The van der Waals surface area contributed by atoms with E-state index in [-0.39, 0.29) is 10.8 Å². The summed E-state index contributed by atoms with van der Waals surface area (Å²) in [6.07, 6.45) is 1.64. The number of nitrogens with zero attached hydrogens (tertiary/aromatic N) is 4. The van der Waals surface area contributed by atoms with Crippen LogP contribution in [-0.4, -0.2) is 19.8 Å². The second-order valence-corrected chi connectivity index (χ2v) is 6.39. The van der Waals surface area contributed by atoms with E-state index in [2.05, 4.69) is 16.0 Å². The van der Waals surface area contributed by atoms with Crippen molar-refractivity contribution in [3.8, 4) is 11.9 Å². The van der Waals surface area contributed by atoms with Crippen molar-refractivity contribution in [2.45, 2.75) is 24.3 Å². The fourth-order valence-corrected chi connectivity index (χ4v) is 3.07. The first-order chi connectivity index (χ1) is 11.1. The fraction of sp³-hybridized carbons (Fsp3) is 0.176. The number of nitriles is 1. The average Bonchev–Trinajstić information content (AvgIpc) is 2.56. The highest BCUT2D eigenvalue weighted by molar-refractivity contribution is 8.00. The van der Waals surface area contributed by atoms with Crippen molar-refractivity contribution in [2.24, 2.45) is 0 Å². The molecule has 5 nitrogen and oxygen atoms in total. The van der Waals surface area contributed by atoms with Crippen molar-refractivity contribution >= 4 is 22.7 Å². The smallest absolute Gasteiger partial charge is 0.267 e. The van der Waals surface area contributed by atoms with Gasteiger partial charge in [-0.15, -0.1) is 0 Å². The summed E-state index contributed by atoms with van der Waals surface area (Å²) in [4.78, 5) is 21.9. The molecule has 0 N–H and O–H groups in total. The van der Waals surface area contributed by atoms with Gasteiger partial charge >= 0.3 is 0 Å². The van der Waals surface area contributed by atoms with Crippen LogP contribution in [0.1, 0.15) is 12.5 Å². The summed E-state index contributed by atoms with van der Waals surface area (Å²) in [5, 5.41) is 9.78. The molecule has 23 heavy (non-hydrogen) atoms. The molecule has 1 atom stereocenters. The zero-order valence-electron chi connectivity index (χ0n) is 12.7. The molecular weight excluding hydrogens is 308 g/mol. The van der Waals surface area contributed by atoms with E-state index in [1.54, 1.807) is 25.3 Å². The van der Waals surface area contributed by atoms with Crippen LogP contribution in [0, 0.1) is 18.3 Å². The van der Waals surface area contributed by atoms with Gasteiger partial charge in [0.05, 0.1) is 22.2 Å². The molecule has 114 valence electrons.